The van der Waals surface area contributed by atoms with E-state index in [0.29, 0.717) is 64.2 Å². The minimum absolute atomic E-state index is 0.00914. The summed E-state index contributed by atoms with van der Waals surface area (Å²) in [5.41, 5.74) is 0. The molecule has 3 unspecified atom stereocenters. The predicted octanol–water partition coefficient (Wildman–Crippen LogP) is 0.975. The van der Waals surface area contributed by atoms with E-state index in [1.165, 1.54) is 32.9 Å². The minimum Gasteiger partial charge on any atom is -0.378 e. The maximum Gasteiger partial charge on any atom is 0.243 e. The Labute approximate surface area is 190 Å². The summed E-state index contributed by atoms with van der Waals surface area (Å²) >= 11 is 0. The highest BCUT2D eigenvalue weighted by atomic mass is 32.2. The highest BCUT2D eigenvalue weighted by Gasteiger charge is 2.52. The molecule has 0 bridgehead atoms. The number of sulfonamides is 2. The zero-order chi connectivity index (χ0) is 23.1. The number of hydrogen-bond acceptors (Lipinski definition) is 6. The van der Waals surface area contributed by atoms with Gasteiger partial charge in [0.15, 0.2) is 0 Å². The number of fused-ring (bicyclic) bond motifs is 1. The second-order valence-corrected chi connectivity index (χ2v) is 12.4. The molecule has 32 heavy (non-hydrogen) atoms. The van der Waals surface area contributed by atoms with Gasteiger partial charge in [0.2, 0.25) is 26.0 Å². The molecule has 3 atom stereocenters. The van der Waals surface area contributed by atoms with Crippen molar-refractivity contribution in [3.63, 3.8) is 0 Å². The number of carbonyl (C=O) groups excluding carboxylic acids is 1. The number of benzene rings is 1. The number of rotatable bonds is 7. The van der Waals surface area contributed by atoms with Gasteiger partial charge in [-0.3, -0.25) is 4.79 Å². The summed E-state index contributed by atoms with van der Waals surface area (Å²) in [5.74, 6) is 0.529. The zero-order valence-corrected chi connectivity index (χ0v) is 20.1. The molecule has 0 spiro atoms. The lowest BCUT2D eigenvalue weighted by molar-refractivity contribution is -0.140. The van der Waals surface area contributed by atoms with Gasteiger partial charge in [-0.15, -0.1) is 0 Å². The molecule has 3 aliphatic rings. The summed E-state index contributed by atoms with van der Waals surface area (Å²) in [6.45, 7) is 6.36. The smallest absolute Gasteiger partial charge is 0.243 e. The van der Waals surface area contributed by atoms with Crippen LogP contribution in [-0.4, -0.2) is 88.2 Å². The molecule has 1 aromatic carbocycles. The van der Waals surface area contributed by atoms with Gasteiger partial charge in [0.25, 0.3) is 0 Å². The largest absolute Gasteiger partial charge is 0.378 e. The second kappa shape index (κ2) is 9.02. The standard InChI is InChI=1S/C21H31N3O6S2/c1-3-23(4-2)31(26,27)18-5-7-19(8-6-18)32(28,29)24-15-17-13-16(17)14-20(24)21(25)22-9-11-30-12-10-22/h5-8,16-17,20H,3-4,9-15H2,1-2H3. The van der Waals surface area contributed by atoms with Crippen molar-refractivity contribution in [3.8, 4) is 0 Å². The number of amides is 1. The minimum atomic E-state index is -3.95. The Bertz CT molecular complexity index is 1050. The van der Waals surface area contributed by atoms with Crippen LogP contribution in [-0.2, 0) is 29.6 Å². The molecule has 0 radical (unpaired) electrons. The monoisotopic (exact) mass is 485 g/mol. The van der Waals surface area contributed by atoms with Gasteiger partial charge in [0.05, 0.1) is 23.0 Å². The van der Waals surface area contributed by atoms with Gasteiger partial charge in [0.1, 0.15) is 6.04 Å². The maximum absolute atomic E-state index is 13.5. The van der Waals surface area contributed by atoms with Crippen LogP contribution in [0.15, 0.2) is 34.1 Å². The van der Waals surface area contributed by atoms with Gasteiger partial charge in [-0.25, -0.2) is 16.8 Å². The van der Waals surface area contributed by atoms with Crippen LogP contribution in [0.3, 0.4) is 0 Å². The van der Waals surface area contributed by atoms with Gasteiger partial charge in [0, 0.05) is 32.7 Å². The topological polar surface area (TPSA) is 104 Å². The molecule has 1 saturated carbocycles. The van der Waals surface area contributed by atoms with E-state index in [9.17, 15) is 21.6 Å². The summed E-state index contributed by atoms with van der Waals surface area (Å²) in [7, 11) is -7.63. The maximum atomic E-state index is 13.5. The van der Waals surface area contributed by atoms with Gasteiger partial charge in [-0.1, -0.05) is 13.8 Å². The molecular formula is C21H31N3O6S2. The third-order valence-corrected chi connectivity index (χ3v) is 10.7. The molecule has 178 valence electrons. The van der Waals surface area contributed by atoms with E-state index < -0.39 is 26.1 Å². The summed E-state index contributed by atoms with van der Waals surface area (Å²) in [4.78, 5) is 15.0. The van der Waals surface area contributed by atoms with Crippen molar-refractivity contribution >= 4 is 26.0 Å². The van der Waals surface area contributed by atoms with Crippen molar-refractivity contribution in [2.45, 2.75) is 42.5 Å². The Morgan fingerprint density at radius 1 is 0.969 bits per heavy atom. The van der Waals surface area contributed by atoms with Gasteiger partial charge < -0.3 is 9.64 Å². The average molecular weight is 486 g/mol. The average Bonchev–Trinajstić information content (AvgIpc) is 3.58. The first-order valence-corrected chi connectivity index (χ1v) is 14.1. The lowest BCUT2D eigenvalue weighted by Gasteiger charge is -2.37. The van der Waals surface area contributed by atoms with Crippen LogP contribution >= 0.6 is 0 Å². The molecule has 9 nitrogen and oxygen atoms in total. The van der Waals surface area contributed by atoms with Crippen molar-refractivity contribution in [1.82, 2.24) is 13.5 Å². The number of piperidine rings is 1. The Kier molecular flexibility index (Phi) is 6.66. The summed E-state index contributed by atoms with van der Waals surface area (Å²) in [5, 5.41) is 0. The van der Waals surface area contributed by atoms with Crippen LogP contribution in [0.2, 0.25) is 0 Å². The Morgan fingerprint density at radius 2 is 1.56 bits per heavy atom. The van der Waals surface area contributed by atoms with Crippen LogP contribution in [0.1, 0.15) is 26.7 Å². The molecule has 11 heteroatoms. The molecule has 3 fully saturated rings. The number of nitrogens with zero attached hydrogens (tertiary/aromatic N) is 3. The molecule has 1 aromatic rings. The van der Waals surface area contributed by atoms with E-state index in [-0.39, 0.29) is 15.7 Å². The first-order chi connectivity index (χ1) is 15.2. The van der Waals surface area contributed by atoms with E-state index in [0.717, 1.165) is 6.42 Å². The van der Waals surface area contributed by atoms with Crippen molar-refractivity contribution in [2.75, 3.05) is 45.9 Å². The van der Waals surface area contributed by atoms with Crippen LogP contribution in [0.25, 0.3) is 0 Å². The third kappa shape index (κ3) is 4.33. The number of hydrogen-bond donors (Lipinski definition) is 0. The highest BCUT2D eigenvalue weighted by Crippen LogP contribution is 2.48. The summed E-state index contributed by atoms with van der Waals surface area (Å²) < 4.78 is 60.5. The fourth-order valence-corrected chi connectivity index (χ4v) is 7.81. The lowest BCUT2D eigenvalue weighted by atomic mass is 10.0. The highest BCUT2D eigenvalue weighted by molar-refractivity contribution is 7.89. The Hall–Kier alpha value is -1.53. The SMILES string of the molecule is CCN(CC)S(=O)(=O)c1ccc(S(=O)(=O)N2CC3CC3CC2C(=O)N2CCOCC2)cc1. The van der Waals surface area contributed by atoms with Crippen LogP contribution < -0.4 is 0 Å². The van der Waals surface area contributed by atoms with Crippen molar-refractivity contribution in [1.29, 1.82) is 0 Å². The Morgan fingerprint density at radius 3 is 2.16 bits per heavy atom. The van der Waals surface area contributed by atoms with E-state index in [1.807, 2.05) is 0 Å². The third-order valence-electron chi connectivity index (χ3n) is 6.74. The normalized spacial score (nSPS) is 26.7. The van der Waals surface area contributed by atoms with Gasteiger partial charge in [-0.05, 0) is 48.9 Å². The zero-order valence-electron chi connectivity index (χ0n) is 18.5. The van der Waals surface area contributed by atoms with Crippen molar-refractivity contribution in [2.24, 2.45) is 11.8 Å². The first kappa shape index (κ1) is 23.6. The van der Waals surface area contributed by atoms with Crippen LogP contribution in [0, 0.1) is 11.8 Å². The molecule has 0 aromatic heterocycles. The van der Waals surface area contributed by atoms with E-state index >= 15 is 0 Å². The van der Waals surface area contributed by atoms with Crippen LogP contribution in [0.5, 0.6) is 0 Å². The number of carbonyl (C=O) groups is 1. The van der Waals surface area contributed by atoms with Crippen molar-refractivity contribution in [3.05, 3.63) is 24.3 Å². The molecular weight excluding hydrogens is 454 g/mol. The molecule has 4 rings (SSSR count). The fraction of sp³-hybridized carbons (Fsp3) is 0.667. The quantitative estimate of drug-likeness (QED) is 0.570. The lowest BCUT2D eigenvalue weighted by Crippen LogP contribution is -2.55. The molecule has 2 aliphatic heterocycles. The van der Waals surface area contributed by atoms with E-state index in [1.54, 1.807) is 18.7 Å². The molecule has 0 N–H and O–H groups in total. The van der Waals surface area contributed by atoms with Crippen LogP contribution in [0.4, 0.5) is 0 Å². The predicted molar refractivity (Wildman–Crippen MR) is 118 cm³/mol. The fourth-order valence-electron chi connectivity index (χ4n) is 4.70. The van der Waals surface area contributed by atoms with E-state index in [4.69, 9.17) is 4.74 Å². The molecule has 1 aliphatic carbocycles. The first-order valence-electron chi connectivity index (χ1n) is 11.2. The van der Waals surface area contributed by atoms with Gasteiger partial charge >= 0.3 is 0 Å². The second-order valence-electron chi connectivity index (χ2n) is 8.58. The molecule has 2 saturated heterocycles. The molecule has 2 heterocycles. The summed E-state index contributed by atoms with van der Waals surface area (Å²) in [6.07, 6.45) is 1.48. The number of ether oxygens (including phenoxy) is 1. The van der Waals surface area contributed by atoms with E-state index in [2.05, 4.69) is 0 Å². The van der Waals surface area contributed by atoms with Gasteiger partial charge in [-0.2, -0.15) is 8.61 Å². The Balaban J connectivity index is 1.60. The summed E-state index contributed by atoms with van der Waals surface area (Å²) in [6, 6.07) is 4.62. The molecule has 1 amide bonds. The van der Waals surface area contributed by atoms with Crippen molar-refractivity contribution < 1.29 is 26.4 Å². The number of morpholine rings is 1.